The van der Waals surface area contributed by atoms with Crippen molar-refractivity contribution in [3.63, 3.8) is 0 Å². The molecule has 1 aromatic carbocycles. The number of carbonyl (C=O) groups is 1. The van der Waals surface area contributed by atoms with E-state index >= 15 is 0 Å². The minimum absolute atomic E-state index is 0.0167. The summed E-state index contributed by atoms with van der Waals surface area (Å²) in [5.41, 5.74) is 6.82. The van der Waals surface area contributed by atoms with Crippen LogP contribution in [0.5, 0.6) is 0 Å². The Bertz CT molecular complexity index is 380. The van der Waals surface area contributed by atoms with Crippen molar-refractivity contribution in [3.8, 4) is 0 Å². The number of ether oxygens (including phenoxy) is 1. The van der Waals surface area contributed by atoms with E-state index in [2.05, 4.69) is 0 Å². The van der Waals surface area contributed by atoms with Crippen LogP contribution in [0, 0.1) is 0 Å². The molecule has 1 amide bonds. The topological polar surface area (TPSA) is 55.6 Å². The van der Waals surface area contributed by atoms with Crippen molar-refractivity contribution in [2.24, 2.45) is 5.73 Å². The van der Waals surface area contributed by atoms with E-state index in [1.54, 1.807) is 0 Å². The molecule has 0 aliphatic carbocycles. The number of nitrogens with zero attached hydrogens (tertiary/aromatic N) is 1. The van der Waals surface area contributed by atoms with Crippen molar-refractivity contribution in [1.29, 1.82) is 0 Å². The standard InChI is InChI=1S/C13H18N2O2/c1-10(11-5-3-2-4-6-11)15-12(7-14)8-17-9-13(15)16/h2-6,10,12H,7-9,14H2,1H3. The Kier molecular flexibility index (Phi) is 3.76. The van der Waals surface area contributed by atoms with Gasteiger partial charge in [0.05, 0.1) is 18.7 Å². The van der Waals surface area contributed by atoms with Crippen LogP contribution in [0.4, 0.5) is 0 Å². The summed E-state index contributed by atoms with van der Waals surface area (Å²) in [6, 6.07) is 10.0. The number of carbonyl (C=O) groups excluding carboxylic acids is 1. The average Bonchev–Trinajstić information content (AvgIpc) is 2.38. The van der Waals surface area contributed by atoms with Crippen LogP contribution in [0.3, 0.4) is 0 Å². The lowest BCUT2D eigenvalue weighted by Crippen LogP contribution is -2.53. The molecule has 1 aromatic rings. The maximum atomic E-state index is 11.9. The molecule has 4 nitrogen and oxygen atoms in total. The van der Waals surface area contributed by atoms with Crippen molar-refractivity contribution in [1.82, 2.24) is 4.90 Å². The first kappa shape index (κ1) is 12.1. The highest BCUT2D eigenvalue weighted by molar-refractivity contribution is 5.79. The first-order chi connectivity index (χ1) is 8.24. The molecule has 2 atom stereocenters. The van der Waals surface area contributed by atoms with E-state index in [-0.39, 0.29) is 24.6 Å². The van der Waals surface area contributed by atoms with Crippen LogP contribution in [0.2, 0.25) is 0 Å². The monoisotopic (exact) mass is 234 g/mol. The molecular formula is C13H18N2O2. The lowest BCUT2D eigenvalue weighted by Gasteiger charge is -2.39. The first-order valence-corrected chi connectivity index (χ1v) is 5.88. The molecule has 0 saturated carbocycles. The normalized spacial score (nSPS) is 22.6. The summed E-state index contributed by atoms with van der Waals surface area (Å²) in [7, 11) is 0. The lowest BCUT2D eigenvalue weighted by molar-refractivity contribution is -0.151. The number of rotatable bonds is 3. The van der Waals surface area contributed by atoms with Crippen LogP contribution in [0.1, 0.15) is 18.5 Å². The first-order valence-electron chi connectivity index (χ1n) is 5.88. The molecule has 1 aliphatic rings. The van der Waals surface area contributed by atoms with Crippen molar-refractivity contribution in [3.05, 3.63) is 35.9 Å². The zero-order valence-corrected chi connectivity index (χ0v) is 10.0. The van der Waals surface area contributed by atoms with Gasteiger partial charge in [-0.1, -0.05) is 30.3 Å². The third-order valence-corrected chi connectivity index (χ3v) is 3.19. The summed E-state index contributed by atoms with van der Waals surface area (Å²) in [5, 5.41) is 0. The van der Waals surface area contributed by atoms with Crippen LogP contribution in [0.15, 0.2) is 30.3 Å². The Balaban J connectivity index is 2.21. The Morgan fingerprint density at radius 2 is 2.18 bits per heavy atom. The van der Waals surface area contributed by atoms with Gasteiger partial charge in [0.25, 0.3) is 0 Å². The SMILES string of the molecule is CC(c1ccccc1)N1C(=O)COCC1CN. The van der Waals surface area contributed by atoms with Crippen molar-refractivity contribution in [2.75, 3.05) is 19.8 Å². The van der Waals surface area contributed by atoms with Crippen molar-refractivity contribution in [2.45, 2.75) is 19.0 Å². The zero-order valence-electron chi connectivity index (χ0n) is 10.0. The van der Waals surface area contributed by atoms with E-state index in [1.165, 1.54) is 0 Å². The van der Waals surface area contributed by atoms with Gasteiger partial charge in [-0.15, -0.1) is 0 Å². The van der Waals surface area contributed by atoms with E-state index in [9.17, 15) is 4.79 Å². The summed E-state index contributed by atoms with van der Waals surface area (Å²) in [4.78, 5) is 13.8. The highest BCUT2D eigenvalue weighted by Crippen LogP contribution is 2.24. The zero-order chi connectivity index (χ0) is 12.3. The second kappa shape index (κ2) is 5.29. The average molecular weight is 234 g/mol. The maximum Gasteiger partial charge on any atom is 0.249 e. The van der Waals surface area contributed by atoms with E-state index in [0.29, 0.717) is 13.2 Å². The van der Waals surface area contributed by atoms with Gasteiger partial charge in [-0.2, -0.15) is 0 Å². The van der Waals surface area contributed by atoms with Gasteiger partial charge in [-0.25, -0.2) is 0 Å². The number of benzene rings is 1. The van der Waals surface area contributed by atoms with Gasteiger partial charge in [0, 0.05) is 6.54 Å². The molecule has 2 N–H and O–H groups in total. The molecule has 2 rings (SSSR count). The Labute approximate surface area is 101 Å². The minimum atomic E-state index is -0.0218. The van der Waals surface area contributed by atoms with Crippen LogP contribution < -0.4 is 5.73 Å². The van der Waals surface area contributed by atoms with Gasteiger partial charge in [-0.3, -0.25) is 4.79 Å². The summed E-state index contributed by atoms with van der Waals surface area (Å²) >= 11 is 0. The number of amides is 1. The third-order valence-electron chi connectivity index (χ3n) is 3.19. The van der Waals surface area contributed by atoms with Gasteiger partial charge in [0.1, 0.15) is 6.61 Å². The Morgan fingerprint density at radius 3 is 2.82 bits per heavy atom. The van der Waals surface area contributed by atoms with Gasteiger partial charge < -0.3 is 15.4 Å². The second-order valence-corrected chi connectivity index (χ2v) is 4.29. The molecule has 1 heterocycles. The van der Waals surface area contributed by atoms with Crippen molar-refractivity contribution >= 4 is 5.91 Å². The number of morpholine rings is 1. The maximum absolute atomic E-state index is 11.9. The van der Waals surface area contributed by atoms with Crippen molar-refractivity contribution < 1.29 is 9.53 Å². The Hall–Kier alpha value is -1.39. The van der Waals surface area contributed by atoms with Gasteiger partial charge in [-0.05, 0) is 12.5 Å². The number of hydrogen-bond donors (Lipinski definition) is 1. The molecular weight excluding hydrogens is 216 g/mol. The Morgan fingerprint density at radius 1 is 1.47 bits per heavy atom. The van der Waals surface area contributed by atoms with Gasteiger partial charge in [0.2, 0.25) is 5.91 Å². The lowest BCUT2D eigenvalue weighted by atomic mass is 10.0. The van der Waals surface area contributed by atoms with Crippen LogP contribution >= 0.6 is 0 Å². The molecule has 17 heavy (non-hydrogen) atoms. The molecule has 1 saturated heterocycles. The van der Waals surface area contributed by atoms with Crippen LogP contribution in [0.25, 0.3) is 0 Å². The summed E-state index contributed by atoms with van der Waals surface area (Å²) < 4.78 is 5.23. The third kappa shape index (κ3) is 2.48. The second-order valence-electron chi connectivity index (χ2n) is 4.29. The molecule has 2 unspecified atom stereocenters. The van der Waals surface area contributed by atoms with E-state index in [1.807, 2.05) is 42.2 Å². The summed E-state index contributed by atoms with van der Waals surface area (Å²) in [6.45, 7) is 3.15. The summed E-state index contributed by atoms with van der Waals surface area (Å²) in [6.07, 6.45) is 0. The fraction of sp³-hybridized carbons (Fsp3) is 0.462. The quantitative estimate of drug-likeness (QED) is 0.846. The fourth-order valence-electron chi connectivity index (χ4n) is 2.25. The molecule has 4 heteroatoms. The van der Waals surface area contributed by atoms with E-state index < -0.39 is 0 Å². The van der Waals surface area contributed by atoms with Crippen LogP contribution in [-0.4, -0.2) is 36.6 Å². The molecule has 1 fully saturated rings. The largest absolute Gasteiger partial charge is 0.369 e. The number of nitrogens with two attached hydrogens (primary N) is 1. The highest BCUT2D eigenvalue weighted by Gasteiger charge is 2.31. The summed E-state index contributed by atoms with van der Waals surface area (Å²) in [5.74, 6) is 0.0167. The molecule has 92 valence electrons. The molecule has 0 aromatic heterocycles. The fourth-order valence-corrected chi connectivity index (χ4v) is 2.25. The van der Waals surface area contributed by atoms with E-state index in [0.717, 1.165) is 5.56 Å². The minimum Gasteiger partial charge on any atom is -0.369 e. The molecule has 0 radical (unpaired) electrons. The van der Waals surface area contributed by atoms with Gasteiger partial charge >= 0.3 is 0 Å². The molecule has 0 spiro atoms. The molecule has 1 aliphatic heterocycles. The molecule has 0 bridgehead atoms. The predicted octanol–water partition coefficient (Wildman–Crippen LogP) is 0.934. The van der Waals surface area contributed by atoms with Crippen LogP contribution in [-0.2, 0) is 9.53 Å². The smallest absolute Gasteiger partial charge is 0.249 e. The van der Waals surface area contributed by atoms with E-state index in [4.69, 9.17) is 10.5 Å². The highest BCUT2D eigenvalue weighted by atomic mass is 16.5. The van der Waals surface area contributed by atoms with Gasteiger partial charge in [0.15, 0.2) is 0 Å². The predicted molar refractivity (Wildman–Crippen MR) is 65.4 cm³/mol. The number of hydrogen-bond acceptors (Lipinski definition) is 3.